The van der Waals surface area contributed by atoms with E-state index in [-0.39, 0.29) is 5.97 Å². The molecule has 0 fully saturated rings. The summed E-state index contributed by atoms with van der Waals surface area (Å²) in [6, 6.07) is 12.2. The fraction of sp³-hybridized carbons (Fsp3) is 0.188. The predicted molar refractivity (Wildman–Crippen MR) is 85.9 cm³/mol. The van der Waals surface area contributed by atoms with E-state index in [4.69, 9.17) is 0 Å². The lowest BCUT2D eigenvalue weighted by atomic mass is 10.1. The van der Waals surface area contributed by atoms with Gasteiger partial charge >= 0.3 is 5.97 Å². The highest BCUT2D eigenvalue weighted by molar-refractivity contribution is 9.10. The van der Waals surface area contributed by atoms with Crippen LogP contribution in [0.1, 0.15) is 6.92 Å². The molecule has 0 radical (unpaired) electrons. The number of hydrogen-bond acceptors (Lipinski definition) is 3. The Morgan fingerprint density at radius 1 is 1.25 bits per heavy atom. The molecule has 4 heteroatoms. The van der Waals surface area contributed by atoms with Gasteiger partial charge in [-0.15, -0.1) is 0 Å². The Labute approximate surface area is 126 Å². The van der Waals surface area contributed by atoms with E-state index in [1.165, 1.54) is 7.11 Å². The van der Waals surface area contributed by atoms with Gasteiger partial charge < -0.3 is 10.1 Å². The maximum absolute atomic E-state index is 11.3. The van der Waals surface area contributed by atoms with Gasteiger partial charge in [0.25, 0.3) is 0 Å². The first kappa shape index (κ1) is 14.6. The van der Waals surface area contributed by atoms with Crippen LogP contribution >= 0.6 is 15.9 Å². The molecule has 0 heterocycles. The van der Waals surface area contributed by atoms with Gasteiger partial charge in [-0.3, -0.25) is 0 Å². The summed E-state index contributed by atoms with van der Waals surface area (Å²) in [5, 5.41) is 5.62. The smallest absolute Gasteiger partial charge is 0.333 e. The molecule has 0 spiro atoms. The van der Waals surface area contributed by atoms with Crippen LogP contribution in [0.5, 0.6) is 0 Å². The maximum atomic E-state index is 11.3. The number of benzene rings is 2. The summed E-state index contributed by atoms with van der Waals surface area (Å²) in [4.78, 5) is 11.3. The number of fused-ring (bicyclic) bond motifs is 1. The molecule has 104 valence electrons. The zero-order valence-electron chi connectivity index (χ0n) is 11.4. The van der Waals surface area contributed by atoms with Crippen LogP contribution < -0.4 is 5.32 Å². The number of carbonyl (C=O) groups excluding carboxylic acids is 1. The van der Waals surface area contributed by atoms with Crippen LogP contribution in [0.3, 0.4) is 0 Å². The largest absolute Gasteiger partial charge is 0.466 e. The van der Waals surface area contributed by atoms with Gasteiger partial charge in [0.1, 0.15) is 0 Å². The molecule has 0 aliphatic rings. The van der Waals surface area contributed by atoms with Crippen molar-refractivity contribution in [3.63, 3.8) is 0 Å². The van der Waals surface area contributed by atoms with Crippen molar-refractivity contribution in [3.05, 3.63) is 52.5 Å². The Morgan fingerprint density at radius 2 is 1.95 bits per heavy atom. The van der Waals surface area contributed by atoms with Gasteiger partial charge in [-0.1, -0.05) is 46.3 Å². The second-order valence-corrected chi connectivity index (χ2v) is 5.25. The van der Waals surface area contributed by atoms with Crippen molar-refractivity contribution < 1.29 is 9.53 Å². The van der Waals surface area contributed by atoms with Crippen molar-refractivity contribution >= 4 is 38.4 Å². The molecule has 2 rings (SSSR count). The van der Waals surface area contributed by atoms with Crippen molar-refractivity contribution in [2.45, 2.75) is 6.92 Å². The Balaban J connectivity index is 2.19. The van der Waals surface area contributed by atoms with E-state index in [0.717, 1.165) is 20.9 Å². The summed E-state index contributed by atoms with van der Waals surface area (Å²) in [6.07, 6.45) is 1.82. The lowest BCUT2D eigenvalue weighted by Crippen LogP contribution is -2.05. The van der Waals surface area contributed by atoms with Gasteiger partial charge in [-0.2, -0.15) is 0 Å². The Hall–Kier alpha value is -1.81. The topological polar surface area (TPSA) is 38.3 Å². The lowest BCUT2D eigenvalue weighted by molar-refractivity contribution is -0.136. The fourth-order valence-electron chi connectivity index (χ4n) is 1.97. The Morgan fingerprint density at radius 3 is 2.65 bits per heavy atom. The minimum absolute atomic E-state index is 0.299. The van der Waals surface area contributed by atoms with E-state index >= 15 is 0 Å². The molecule has 1 N–H and O–H groups in total. The third-order valence-electron chi connectivity index (χ3n) is 3.08. The molecule has 0 atom stereocenters. The number of hydrogen-bond donors (Lipinski definition) is 1. The van der Waals surface area contributed by atoms with Crippen LogP contribution in [-0.4, -0.2) is 19.6 Å². The summed E-state index contributed by atoms with van der Waals surface area (Å²) in [6.45, 7) is 2.32. The van der Waals surface area contributed by atoms with Crippen LogP contribution in [0, 0.1) is 0 Å². The highest BCUT2D eigenvalue weighted by atomic mass is 79.9. The molecule has 0 saturated heterocycles. The summed E-state index contributed by atoms with van der Waals surface area (Å²) >= 11 is 3.55. The standard InChI is InChI=1S/C16H16BrNO2/c1-11(16(19)20-2)9-10-18-15-8-7-14(17)12-5-3-4-6-13(12)15/h3-9,18H,10H2,1-2H3/b11-9+. The molecule has 0 aliphatic carbocycles. The molecule has 0 bridgehead atoms. The highest BCUT2D eigenvalue weighted by Crippen LogP contribution is 2.29. The molecular weight excluding hydrogens is 318 g/mol. The molecule has 0 amide bonds. The lowest BCUT2D eigenvalue weighted by Gasteiger charge is -2.09. The fourth-order valence-corrected chi connectivity index (χ4v) is 2.45. The second-order valence-electron chi connectivity index (χ2n) is 4.40. The number of esters is 1. The Kier molecular flexibility index (Phi) is 4.79. The van der Waals surface area contributed by atoms with E-state index in [1.54, 1.807) is 6.92 Å². The molecule has 0 unspecified atom stereocenters. The molecule has 2 aromatic carbocycles. The van der Waals surface area contributed by atoms with E-state index < -0.39 is 0 Å². The highest BCUT2D eigenvalue weighted by Gasteiger charge is 2.04. The summed E-state index contributed by atoms with van der Waals surface area (Å²) in [5.41, 5.74) is 1.64. The van der Waals surface area contributed by atoms with Crippen molar-refractivity contribution in [1.82, 2.24) is 0 Å². The van der Waals surface area contributed by atoms with Crippen LogP contribution in [0.4, 0.5) is 5.69 Å². The zero-order valence-corrected chi connectivity index (χ0v) is 13.0. The Bertz CT molecular complexity index is 665. The number of methoxy groups -OCH3 is 1. The number of nitrogens with one attached hydrogen (secondary N) is 1. The van der Waals surface area contributed by atoms with Crippen LogP contribution in [0.25, 0.3) is 10.8 Å². The molecule has 2 aromatic rings. The predicted octanol–water partition coefficient (Wildman–Crippen LogP) is 4.13. The molecule has 0 aliphatic heterocycles. The van der Waals surface area contributed by atoms with E-state index in [1.807, 2.05) is 30.3 Å². The van der Waals surface area contributed by atoms with Crippen molar-refractivity contribution in [2.24, 2.45) is 0 Å². The number of anilines is 1. The first-order valence-electron chi connectivity index (χ1n) is 6.29. The average molecular weight is 334 g/mol. The summed E-state index contributed by atoms with van der Waals surface area (Å²) < 4.78 is 5.73. The van der Waals surface area contributed by atoms with Crippen LogP contribution in [0.2, 0.25) is 0 Å². The minimum Gasteiger partial charge on any atom is -0.466 e. The van der Waals surface area contributed by atoms with Gasteiger partial charge in [0.15, 0.2) is 0 Å². The van der Waals surface area contributed by atoms with Gasteiger partial charge in [0, 0.05) is 27.7 Å². The van der Waals surface area contributed by atoms with Crippen molar-refractivity contribution in [3.8, 4) is 0 Å². The van der Waals surface area contributed by atoms with Crippen LogP contribution in [0.15, 0.2) is 52.5 Å². The van der Waals surface area contributed by atoms with Gasteiger partial charge in [0.05, 0.1) is 7.11 Å². The normalized spacial score (nSPS) is 11.4. The monoisotopic (exact) mass is 333 g/mol. The van der Waals surface area contributed by atoms with E-state index in [0.29, 0.717) is 12.1 Å². The third-order valence-corrected chi connectivity index (χ3v) is 3.77. The van der Waals surface area contributed by atoms with Gasteiger partial charge in [0.2, 0.25) is 0 Å². The van der Waals surface area contributed by atoms with E-state index in [9.17, 15) is 4.79 Å². The molecule has 0 aromatic heterocycles. The molecule has 20 heavy (non-hydrogen) atoms. The number of ether oxygens (including phenoxy) is 1. The van der Waals surface area contributed by atoms with Crippen molar-refractivity contribution in [1.29, 1.82) is 0 Å². The van der Waals surface area contributed by atoms with Crippen molar-refractivity contribution in [2.75, 3.05) is 19.0 Å². The summed E-state index contributed by atoms with van der Waals surface area (Å²) in [5.74, 6) is -0.299. The third kappa shape index (κ3) is 3.20. The molecule has 0 saturated carbocycles. The molecule has 3 nitrogen and oxygen atoms in total. The summed E-state index contributed by atoms with van der Waals surface area (Å²) in [7, 11) is 1.38. The number of carbonyl (C=O) groups is 1. The molecular formula is C16H16BrNO2. The first-order chi connectivity index (χ1) is 9.63. The van der Waals surface area contributed by atoms with Gasteiger partial charge in [-0.05, 0) is 24.4 Å². The minimum atomic E-state index is -0.299. The first-order valence-corrected chi connectivity index (χ1v) is 7.09. The van der Waals surface area contributed by atoms with E-state index in [2.05, 4.69) is 38.1 Å². The number of rotatable bonds is 4. The SMILES string of the molecule is COC(=O)/C(C)=C/CNc1ccc(Br)c2ccccc12. The zero-order chi connectivity index (χ0) is 14.5. The van der Waals surface area contributed by atoms with Crippen LogP contribution in [-0.2, 0) is 9.53 Å². The average Bonchev–Trinajstić information content (AvgIpc) is 2.49. The maximum Gasteiger partial charge on any atom is 0.333 e. The second kappa shape index (κ2) is 6.57. The van der Waals surface area contributed by atoms with Gasteiger partial charge in [-0.25, -0.2) is 4.79 Å². The number of halogens is 1. The quantitative estimate of drug-likeness (QED) is 0.675.